The molecule has 0 saturated carbocycles. The van der Waals surface area contributed by atoms with Gasteiger partial charge in [0.05, 0.1) is 19.8 Å². The van der Waals surface area contributed by atoms with Crippen LogP contribution in [-0.4, -0.2) is 89.6 Å². The standard InChI is InChI=1S/C51H86O9/c1-3-5-7-9-11-13-15-17-18-19-20-21-22-23-24-25-26-27-29-31-33-35-37-39-41-57-43-45(44-58-51-50(56)49(55)48(54)46(42-52)60-51)59-47(53)40-38-36-34-32-30-28-16-14-12-10-8-6-4-2/h5,7,11,13,17-18,20-21,23-24,26-27,31,33,45-46,48-52,54-56H,3-4,6,8-10,12,14-16,19,22,25,28-30,32,34-44H2,1-2H3/b7-5-,13-11-,18-17-,21-20-,24-23-,27-26-,33-31-. The van der Waals surface area contributed by atoms with Gasteiger partial charge in [-0.25, -0.2) is 0 Å². The molecule has 9 heteroatoms. The van der Waals surface area contributed by atoms with Gasteiger partial charge in [-0.3, -0.25) is 4.79 Å². The number of carbonyl (C=O) groups is 1. The van der Waals surface area contributed by atoms with Crippen LogP contribution in [-0.2, 0) is 23.7 Å². The van der Waals surface area contributed by atoms with Crippen LogP contribution in [0.5, 0.6) is 0 Å². The van der Waals surface area contributed by atoms with Crippen LogP contribution in [0.1, 0.15) is 168 Å². The number of carbonyl (C=O) groups excluding carboxylic acids is 1. The van der Waals surface area contributed by atoms with Crippen molar-refractivity contribution in [2.45, 2.75) is 205 Å². The van der Waals surface area contributed by atoms with Gasteiger partial charge in [-0.1, -0.05) is 176 Å². The largest absolute Gasteiger partial charge is 0.457 e. The maximum atomic E-state index is 12.8. The number of aliphatic hydroxyl groups is 4. The van der Waals surface area contributed by atoms with Crippen molar-refractivity contribution in [2.75, 3.05) is 26.4 Å². The zero-order valence-electron chi connectivity index (χ0n) is 37.7. The van der Waals surface area contributed by atoms with E-state index < -0.39 is 43.4 Å². The Balaban J connectivity index is 2.28. The lowest BCUT2D eigenvalue weighted by atomic mass is 9.99. The third-order valence-corrected chi connectivity index (χ3v) is 10.3. The minimum absolute atomic E-state index is 0.111. The smallest absolute Gasteiger partial charge is 0.306 e. The molecule has 1 fully saturated rings. The van der Waals surface area contributed by atoms with Gasteiger partial charge in [0, 0.05) is 13.0 Å². The molecule has 344 valence electrons. The van der Waals surface area contributed by atoms with Gasteiger partial charge in [0.1, 0.15) is 30.5 Å². The maximum Gasteiger partial charge on any atom is 0.306 e. The molecular formula is C51H86O9. The van der Waals surface area contributed by atoms with Gasteiger partial charge in [-0.05, 0) is 70.6 Å². The molecule has 1 heterocycles. The number of esters is 1. The van der Waals surface area contributed by atoms with Crippen molar-refractivity contribution in [3.8, 4) is 0 Å². The molecule has 0 aromatic heterocycles. The Kier molecular flexibility index (Phi) is 38.5. The van der Waals surface area contributed by atoms with Gasteiger partial charge >= 0.3 is 5.97 Å². The number of ether oxygens (including phenoxy) is 4. The third kappa shape index (κ3) is 32.1. The van der Waals surface area contributed by atoms with Crippen LogP contribution in [0.2, 0.25) is 0 Å². The van der Waals surface area contributed by atoms with E-state index >= 15 is 0 Å². The van der Waals surface area contributed by atoms with Crippen LogP contribution < -0.4 is 0 Å². The summed E-state index contributed by atoms with van der Waals surface area (Å²) in [5.74, 6) is -0.332. The summed E-state index contributed by atoms with van der Waals surface area (Å²) in [6, 6.07) is 0. The molecule has 0 radical (unpaired) electrons. The van der Waals surface area contributed by atoms with E-state index in [1.165, 1.54) is 64.2 Å². The molecule has 60 heavy (non-hydrogen) atoms. The van der Waals surface area contributed by atoms with E-state index in [0.29, 0.717) is 13.0 Å². The minimum atomic E-state index is -1.55. The van der Waals surface area contributed by atoms with Crippen LogP contribution in [0.3, 0.4) is 0 Å². The number of allylic oxidation sites excluding steroid dienone is 14. The molecule has 1 rings (SSSR count). The molecular weight excluding hydrogens is 757 g/mol. The van der Waals surface area contributed by atoms with Gasteiger partial charge in [-0.15, -0.1) is 0 Å². The van der Waals surface area contributed by atoms with Crippen molar-refractivity contribution in [3.05, 3.63) is 85.1 Å². The SMILES string of the molecule is CC/C=C\C/C=C\C/C=C\C/C=C\C/C=C\C/C=C\C/C=C\CCCCOCC(COC1OC(CO)C(O)C(O)C1O)OC(=O)CCCCCCCCCCCCCCC. The molecule has 0 amide bonds. The van der Waals surface area contributed by atoms with E-state index in [4.69, 9.17) is 18.9 Å². The zero-order chi connectivity index (χ0) is 43.6. The number of hydrogen-bond donors (Lipinski definition) is 4. The first-order valence-corrected chi connectivity index (χ1v) is 23.7. The van der Waals surface area contributed by atoms with Crippen molar-refractivity contribution >= 4 is 5.97 Å². The second kappa shape index (κ2) is 41.7. The fourth-order valence-electron chi connectivity index (χ4n) is 6.65. The van der Waals surface area contributed by atoms with E-state index in [2.05, 4.69) is 98.9 Å². The predicted molar refractivity (Wildman–Crippen MR) is 247 cm³/mol. The molecule has 0 bridgehead atoms. The Morgan fingerprint density at radius 3 is 1.50 bits per heavy atom. The van der Waals surface area contributed by atoms with Gasteiger partial charge in [0.2, 0.25) is 0 Å². The van der Waals surface area contributed by atoms with Crippen LogP contribution in [0.4, 0.5) is 0 Å². The summed E-state index contributed by atoms with van der Waals surface area (Å²) >= 11 is 0. The Morgan fingerprint density at radius 1 is 0.550 bits per heavy atom. The molecule has 6 unspecified atom stereocenters. The first-order valence-electron chi connectivity index (χ1n) is 23.7. The van der Waals surface area contributed by atoms with Crippen molar-refractivity contribution in [3.63, 3.8) is 0 Å². The molecule has 0 aromatic rings. The van der Waals surface area contributed by atoms with Crippen LogP contribution in [0.25, 0.3) is 0 Å². The lowest BCUT2D eigenvalue weighted by Gasteiger charge is -2.39. The van der Waals surface area contributed by atoms with Crippen LogP contribution >= 0.6 is 0 Å². The number of rotatable bonds is 39. The van der Waals surface area contributed by atoms with Gasteiger partial charge in [0.25, 0.3) is 0 Å². The van der Waals surface area contributed by atoms with Crippen molar-refractivity contribution < 1.29 is 44.2 Å². The highest BCUT2D eigenvalue weighted by atomic mass is 16.7. The third-order valence-electron chi connectivity index (χ3n) is 10.3. The molecule has 0 aromatic carbocycles. The number of unbranched alkanes of at least 4 members (excludes halogenated alkanes) is 14. The van der Waals surface area contributed by atoms with Gasteiger partial charge in [0.15, 0.2) is 6.29 Å². The maximum absolute atomic E-state index is 12.8. The summed E-state index contributed by atoms with van der Waals surface area (Å²) in [6.45, 7) is 4.32. The van der Waals surface area contributed by atoms with Gasteiger partial charge < -0.3 is 39.4 Å². The quantitative estimate of drug-likeness (QED) is 0.0271. The monoisotopic (exact) mass is 843 g/mol. The van der Waals surface area contributed by atoms with E-state index in [9.17, 15) is 25.2 Å². The zero-order valence-corrected chi connectivity index (χ0v) is 37.7. The second-order valence-corrected chi connectivity index (χ2v) is 15.8. The fourth-order valence-corrected chi connectivity index (χ4v) is 6.65. The molecule has 1 aliphatic heterocycles. The fraction of sp³-hybridized carbons (Fsp3) is 0.706. The topological polar surface area (TPSA) is 135 Å². The molecule has 9 nitrogen and oxygen atoms in total. The summed E-state index contributed by atoms with van der Waals surface area (Å²) in [4.78, 5) is 12.8. The highest BCUT2D eigenvalue weighted by Gasteiger charge is 2.44. The Bertz CT molecular complexity index is 1190. The molecule has 1 saturated heterocycles. The molecule has 6 atom stereocenters. The van der Waals surface area contributed by atoms with Crippen LogP contribution in [0, 0.1) is 0 Å². The average molecular weight is 843 g/mol. The summed E-state index contributed by atoms with van der Waals surface area (Å²) in [6.07, 6.45) is 49.0. The van der Waals surface area contributed by atoms with Crippen molar-refractivity contribution in [1.29, 1.82) is 0 Å². The first kappa shape index (κ1) is 55.4. The molecule has 0 aliphatic carbocycles. The highest BCUT2D eigenvalue weighted by molar-refractivity contribution is 5.69. The molecule has 0 spiro atoms. The predicted octanol–water partition coefficient (Wildman–Crippen LogP) is 11.0. The van der Waals surface area contributed by atoms with E-state index in [1.807, 2.05) is 0 Å². The Morgan fingerprint density at radius 2 is 1.02 bits per heavy atom. The van der Waals surface area contributed by atoms with E-state index in [-0.39, 0.29) is 19.2 Å². The van der Waals surface area contributed by atoms with Crippen molar-refractivity contribution in [2.24, 2.45) is 0 Å². The van der Waals surface area contributed by atoms with Crippen LogP contribution in [0.15, 0.2) is 85.1 Å². The van der Waals surface area contributed by atoms with E-state index in [1.54, 1.807) is 0 Å². The summed E-state index contributed by atoms with van der Waals surface area (Å²) in [7, 11) is 0. The normalized spacial score (nSPS) is 20.8. The second-order valence-electron chi connectivity index (χ2n) is 15.8. The Labute approximate surface area is 365 Å². The summed E-state index contributed by atoms with van der Waals surface area (Å²) in [5, 5.41) is 40.1. The number of hydrogen-bond acceptors (Lipinski definition) is 9. The minimum Gasteiger partial charge on any atom is -0.457 e. The average Bonchev–Trinajstić information content (AvgIpc) is 3.25. The first-order chi connectivity index (χ1) is 29.4. The van der Waals surface area contributed by atoms with E-state index in [0.717, 1.165) is 83.5 Å². The summed E-state index contributed by atoms with van der Waals surface area (Å²) < 4.78 is 22.8. The van der Waals surface area contributed by atoms with Crippen molar-refractivity contribution in [1.82, 2.24) is 0 Å². The summed E-state index contributed by atoms with van der Waals surface area (Å²) in [5.41, 5.74) is 0. The highest BCUT2D eigenvalue weighted by Crippen LogP contribution is 2.22. The molecule has 4 N–H and O–H groups in total. The molecule has 1 aliphatic rings. The lowest BCUT2D eigenvalue weighted by Crippen LogP contribution is -2.59. The number of aliphatic hydroxyl groups excluding tert-OH is 4. The lowest BCUT2D eigenvalue weighted by molar-refractivity contribution is -0.305. The van der Waals surface area contributed by atoms with Gasteiger partial charge in [-0.2, -0.15) is 0 Å². The Hall–Kier alpha value is -2.63.